The van der Waals surface area contributed by atoms with Crippen molar-refractivity contribution in [1.29, 1.82) is 5.26 Å². The summed E-state index contributed by atoms with van der Waals surface area (Å²) in [5.74, 6) is 0. The Morgan fingerprint density at radius 3 is 2.92 bits per heavy atom. The molecular formula is C10H10N2. The summed E-state index contributed by atoms with van der Waals surface area (Å²) in [5, 5.41) is 8.60. The van der Waals surface area contributed by atoms with E-state index in [-0.39, 0.29) is 6.04 Å². The molecule has 2 heteroatoms. The van der Waals surface area contributed by atoms with E-state index < -0.39 is 0 Å². The molecular weight excluding hydrogens is 148 g/mol. The number of hydrogen-bond acceptors (Lipinski definition) is 2. The maximum absolute atomic E-state index is 8.60. The fourth-order valence-corrected chi connectivity index (χ4v) is 0.952. The molecule has 0 saturated carbocycles. The molecule has 2 nitrogen and oxygen atoms in total. The topological polar surface area (TPSA) is 49.8 Å². The lowest BCUT2D eigenvalue weighted by molar-refractivity contribution is 0.914. The summed E-state index contributed by atoms with van der Waals surface area (Å²) in [6.45, 7) is 3.58. The van der Waals surface area contributed by atoms with E-state index in [0.717, 1.165) is 5.56 Å². The normalized spacial score (nSPS) is 11.7. The molecule has 2 N–H and O–H groups in total. The van der Waals surface area contributed by atoms with Gasteiger partial charge in [-0.1, -0.05) is 18.2 Å². The van der Waals surface area contributed by atoms with Crippen LogP contribution in [0.15, 0.2) is 36.9 Å². The van der Waals surface area contributed by atoms with Crippen LogP contribution in [0.5, 0.6) is 0 Å². The largest absolute Gasteiger partial charge is 0.321 e. The molecule has 0 aliphatic rings. The number of nitrogens with zero attached hydrogens (tertiary/aromatic N) is 1. The smallest absolute Gasteiger partial charge is 0.0991 e. The minimum Gasteiger partial charge on any atom is -0.321 e. The predicted octanol–water partition coefficient (Wildman–Crippen LogP) is 1.74. The molecule has 1 atom stereocenters. The van der Waals surface area contributed by atoms with E-state index >= 15 is 0 Å². The minimum atomic E-state index is -0.182. The maximum atomic E-state index is 8.60. The maximum Gasteiger partial charge on any atom is 0.0991 e. The second-order valence-electron chi connectivity index (χ2n) is 2.50. The van der Waals surface area contributed by atoms with Crippen molar-refractivity contribution in [2.24, 2.45) is 5.73 Å². The van der Waals surface area contributed by atoms with Crippen LogP contribution < -0.4 is 5.73 Å². The number of nitriles is 1. The lowest BCUT2D eigenvalue weighted by atomic mass is 10.1. The van der Waals surface area contributed by atoms with Gasteiger partial charge in [-0.3, -0.25) is 0 Å². The second-order valence-corrected chi connectivity index (χ2v) is 2.50. The highest BCUT2D eigenvalue weighted by Crippen LogP contribution is 2.12. The molecule has 0 heterocycles. The molecule has 0 aliphatic carbocycles. The fraction of sp³-hybridized carbons (Fsp3) is 0.100. The minimum absolute atomic E-state index is 0.182. The molecule has 0 bridgehead atoms. The summed E-state index contributed by atoms with van der Waals surface area (Å²) in [6, 6.07) is 9.09. The Labute approximate surface area is 71.9 Å². The van der Waals surface area contributed by atoms with Crippen molar-refractivity contribution in [1.82, 2.24) is 0 Å². The first kappa shape index (κ1) is 8.51. The van der Waals surface area contributed by atoms with Crippen LogP contribution in [-0.4, -0.2) is 0 Å². The molecule has 0 amide bonds. The number of rotatable bonds is 2. The van der Waals surface area contributed by atoms with Gasteiger partial charge in [-0.15, -0.1) is 6.58 Å². The highest BCUT2D eigenvalue weighted by molar-refractivity contribution is 5.35. The van der Waals surface area contributed by atoms with E-state index in [2.05, 4.69) is 12.6 Å². The molecule has 0 aliphatic heterocycles. The van der Waals surface area contributed by atoms with Crippen molar-refractivity contribution < 1.29 is 0 Å². The van der Waals surface area contributed by atoms with E-state index in [1.165, 1.54) is 0 Å². The average molecular weight is 158 g/mol. The summed E-state index contributed by atoms with van der Waals surface area (Å²) in [7, 11) is 0. The number of nitrogens with two attached hydrogens (primary N) is 1. The average Bonchev–Trinajstić information content (AvgIpc) is 2.17. The monoisotopic (exact) mass is 158 g/mol. The number of benzene rings is 1. The van der Waals surface area contributed by atoms with Crippen LogP contribution in [0.1, 0.15) is 17.2 Å². The van der Waals surface area contributed by atoms with Crippen molar-refractivity contribution >= 4 is 0 Å². The highest BCUT2D eigenvalue weighted by Gasteiger charge is 2.00. The van der Waals surface area contributed by atoms with Gasteiger partial charge in [0.05, 0.1) is 11.6 Å². The molecule has 1 aromatic carbocycles. The van der Waals surface area contributed by atoms with Gasteiger partial charge in [-0.25, -0.2) is 0 Å². The molecule has 0 unspecified atom stereocenters. The van der Waals surface area contributed by atoms with Crippen molar-refractivity contribution in [3.05, 3.63) is 48.0 Å². The van der Waals surface area contributed by atoms with E-state index in [9.17, 15) is 0 Å². The van der Waals surface area contributed by atoms with Crippen LogP contribution >= 0.6 is 0 Å². The van der Waals surface area contributed by atoms with Gasteiger partial charge in [-0.2, -0.15) is 5.26 Å². The van der Waals surface area contributed by atoms with Crippen LogP contribution in [0.3, 0.4) is 0 Å². The quantitative estimate of drug-likeness (QED) is 0.666. The van der Waals surface area contributed by atoms with Crippen LogP contribution in [0, 0.1) is 11.3 Å². The van der Waals surface area contributed by atoms with Gasteiger partial charge in [0, 0.05) is 6.04 Å². The first-order valence-corrected chi connectivity index (χ1v) is 3.66. The molecule has 0 fully saturated rings. The summed E-state index contributed by atoms with van der Waals surface area (Å²) in [6.07, 6.45) is 1.65. The van der Waals surface area contributed by atoms with Gasteiger partial charge in [0.25, 0.3) is 0 Å². The van der Waals surface area contributed by atoms with Crippen LogP contribution in [0.4, 0.5) is 0 Å². The van der Waals surface area contributed by atoms with E-state index in [1.54, 1.807) is 18.2 Å². The Morgan fingerprint density at radius 1 is 1.58 bits per heavy atom. The highest BCUT2D eigenvalue weighted by atomic mass is 14.6. The van der Waals surface area contributed by atoms with Crippen LogP contribution in [0.25, 0.3) is 0 Å². The van der Waals surface area contributed by atoms with Gasteiger partial charge in [0.2, 0.25) is 0 Å². The third kappa shape index (κ3) is 1.71. The molecule has 12 heavy (non-hydrogen) atoms. The van der Waals surface area contributed by atoms with Crippen molar-refractivity contribution in [3.63, 3.8) is 0 Å². The Balaban J connectivity index is 3.03. The fourth-order valence-electron chi connectivity index (χ4n) is 0.952. The Bertz CT molecular complexity index is 323. The van der Waals surface area contributed by atoms with Crippen LogP contribution in [0.2, 0.25) is 0 Å². The molecule has 1 rings (SSSR count). The zero-order chi connectivity index (χ0) is 8.97. The molecule has 0 spiro atoms. The van der Waals surface area contributed by atoms with Crippen LogP contribution in [-0.2, 0) is 0 Å². The Hall–Kier alpha value is -1.59. The van der Waals surface area contributed by atoms with E-state index in [0.29, 0.717) is 5.56 Å². The first-order valence-electron chi connectivity index (χ1n) is 3.66. The van der Waals surface area contributed by atoms with Crippen molar-refractivity contribution in [2.45, 2.75) is 6.04 Å². The van der Waals surface area contributed by atoms with Gasteiger partial charge in [-0.05, 0) is 17.7 Å². The van der Waals surface area contributed by atoms with Gasteiger partial charge in [0.15, 0.2) is 0 Å². The van der Waals surface area contributed by atoms with Gasteiger partial charge < -0.3 is 5.73 Å². The van der Waals surface area contributed by atoms with Crippen molar-refractivity contribution in [2.75, 3.05) is 0 Å². The lowest BCUT2D eigenvalue weighted by Crippen LogP contribution is -2.06. The third-order valence-electron chi connectivity index (χ3n) is 1.65. The Kier molecular flexibility index (Phi) is 2.62. The molecule has 0 saturated heterocycles. The zero-order valence-corrected chi connectivity index (χ0v) is 6.70. The molecule has 1 aromatic rings. The number of hydrogen-bond donors (Lipinski definition) is 1. The van der Waals surface area contributed by atoms with Gasteiger partial charge >= 0.3 is 0 Å². The summed E-state index contributed by atoms with van der Waals surface area (Å²) in [4.78, 5) is 0. The van der Waals surface area contributed by atoms with E-state index in [4.69, 9.17) is 11.0 Å². The van der Waals surface area contributed by atoms with Crippen molar-refractivity contribution in [3.8, 4) is 6.07 Å². The second kappa shape index (κ2) is 3.70. The SMILES string of the molecule is C=C[C@@H](N)c1cccc(C#N)c1. The zero-order valence-electron chi connectivity index (χ0n) is 6.70. The van der Waals surface area contributed by atoms with Gasteiger partial charge in [0.1, 0.15) is 0 Å². The first-order chi connectivity index (χ1) is 5.77. The summed E-state index contributed by atoms with van der Waals surface area (Å²) in [5.41, 5.74) is 7.24. The summed E-state index contributed by atoms with van der Waals surface area (Å²) >= 11 is 0. The van der Waals surface area contributed by atoms with E-state index in [1.807, 2.05) is 12.1 Å². The Morgan fingerprint density at radius 2 is 2.33 bits per heavy atom. The molecule has 60 valence electrons. The lowest BCUT2D eigenvalue weighted by Gasteiger charge is -2.05. The summed E-state index contributed by atoms with van der Waals surface area (Å²) < 4.78 is 0. The standard InChI is InChI=1S/C10H10N2/c1-2-10(12)9-5-3-4-8(6-9)7-11/h2-6,10H,1,12H2/t10-/m1/s1. The molecule has 0 aromatic heterocycles. The predicted molar refractivity (Wildman–Crippen MR) is 48.3 cm³/mol. The molecule has 0 radical (unpaired) electrons. The third-order valence-corrected chi connectivity index (χ3v) is 1.65.